The first-order valence-corrected chi connectivity index (χ1v) is 3.63. The molecule has 0 saturated carbocycles. The molecule has 1 aliphatic rings. The lowest BCUT2D eigenvalue weighted by molar-refractivity contribution is 0.220. The van der Waals surface area contributed by atoms with Crippen molar-refractivity contribution in [2.24, 2.45) is 0 Å². The van der Waals surface area contributed by atoms with Gasteiger partial charge in [0.05, 0.1) is 0 Å². The fraction of sp³-hybridized carbons (Fsp3) is 0.500. The fourth-order valence-electron chi connectivity index (χ4n) is 1.17. The summed E-state index contributed by atoms with van der Waals surface area (Å²) in [5, 5.41) is 0. The third kappa shape index (κ3) is 2.12. The van der Waals surface area contributed by atoms with Crippen molar-refractivity contribution in [2.45, 2.75) is 20.0 Å². The van der Waals surface area contributed by atoms with Gasteiger partial charge in [0.15, 0.2) is 0 Å². The molecule has 3 heteroatoms. The zero-order valence-electron chi connectivity index (χ0n) is 7.03. The third-order valence-corrected chi connectivity index (χ3v) is 1.92. The van der Waals surface area contributed by atoms with E-state index in [-0.39, 0.29) is 24.0 Å². The predicted octanol–water partition coefficient (Wildman–Crippen LogP) is 2.20. The normalized spacial score (nSPS) is 21.8. The second-order valence-corrected chi connectivity index (χ2v) is 2.39. The Morgan fingerprint density at radius 1 is 1.55 bits per heavy atom. The van der Waals surface area contributed by atoms with E-state index >= 15 is 0 Å². The maximum absolute atomic E-state index is 3.71. The van der Waals surface area contributed by atoms with Crippen LogP contribution >= 0.6 is 24.0 Å². The van der Waals surface area contributed by atoms with Crippen LogP contribution in [0.1, 0.15) is 13.8 Å². The first-order chi connectivity index (χ1) is 4.79. The van der Waals surface area contributed by atoms with Gasteiger partial charge in [-0.25, -0.2) is 0 Å². The molecule has 0 aromatic heterocycles. The molecule has 64 valence electrons. The highest BCUT2D eigenvalue weighted by atomic mass is 127. The zero-order valence-corrected chi connectivity index (χ0v) is 9.36. The van der Waals surface area contributed by atoms with Crippen LogP contribution in [0.15, 0.2) is 25.2 Å². The van der Waals surface area contributed by atoms with Crippen molar-refractivity contribution in [2.75, 3.05) is 6.54 Å². The van der Waals surface area contributed by atoms with E-state index in [9.17, 15) is 0 Å². The quantitative estimate of drug-likeness (QED) is 0.707. The van der Waals surface area contributed by atoms with Crippen LogP contribution in [-0.4, -0.2) is 22.5 Å². The van der Waals surface area contributed by atoms with Gasteiger partial charge in [-0.05, 0) is 20.0 Å². The van der Waals surface area contributed by atoms with E-state index in [1.54, 1.807) is 0 Å². The molecule has 0 aliphatic carbocycles. The van der Waals surface area contributed by atoms with E-state index in [0.29, 0.717) is 6.17 Å². The minimum Gasteiger partial charge on any atom is -0.356 e. The van der Waals surface area contributed by atoms with E-state index in [1.165, 1.54) is 0 Å². The highest BCUT2D eigenvalue weighted by Gasteiger charge is 2.16. The molecule has 0 amide bonds. The van der Waals surface area contributed by atoms with Gasteiger partial charge >= 0.3 is 0 Å². The molecule has 1 atom stereocenters. The summed E-state index contributed by atoms with van der Waals surface area (Å²) in [5.74, 6) is 0. The minimum absolute atomic E-state index is 0. The van der Waals surface area contributed by atoms with Gasteiger partial charge in [-0.15, -0.1) is 24.0 Å². The van der Waals surface area contributed by atoms with E-state index in [2.05, 4.69) is 36.4 Å². The van der Waals surface area contributed by atoms with Gasteiger partial charge < -0.3 is 9.80 Å². The van der Waals surface area contributed by atoms with Crippen molar-refractivity contribution in [3.05, 3.63) is 25.2 Å². The summed E-state index contributed by atoms with van der Waals surface area (Å²) in [4.78, 5) is 4.34. The summed E-state index contributed by atoms with van der Waals surface area (Å²) < 4.78 is 0. The monoisotopic (exact) mass is 266 g/mol. The molecule has 1 unspecified atom stereocenters. The summed E-state index contributed by atoms with van der Waals surface area (Å²) >= 11 is 0. The molecule has 0 N–H and O–H groups in total. The Balaban J connectivity index is 0.000001000. The van der Waals surface area contributed by atoms with Gasteiger partial charge in [-0.3, -0.25) is 0 Å². The standard InChI is InChI=1S/C8H14N2.HI/c1-4-9-6-7-10(5-2)8(9)3;/h4,6-8H,1,5H2,2-3H3;1H. The first kappa shape index (κ1) is 10.8. The van der Waals surface area contributed by atoms with Crippen molar-refractivity contribution in [1.29, 1.82) is 0 Å². The predicted molar refractivity (Wildman–Crippen MR) is 58.4 cm³/mol. The summed E-state index contributed by atoms with van der Waals surface area (Å²) in [6, 6.07) is 0. The molecule has 1 aliphatic heterocycles. The van der Waals surface area contributed by atoms with Gasteiger partial charge in [0.2, 0.25) is 0 Å². The lowest BCUT2D eigenvalue weighted by Crippen LogP contribution is -2.32. The number of halogens is 1. The third-order valence-electron chi connectivity index (χ3n) is 1.92. The Kier molecular flexibility index (Phi) is 4.56. The topological polar surface area (TPSA) is 6.48 Å². The average molecular weight is 266 g/mol. The molecule has 0 aromatic carbocycles. The molecule has 1 heterocycles. The van der Waals surface area contributed by atoms with E-state index in [4.69, 9.17) is 0 Å². The van der Waals surface area contributed by atoms with Crippen molar-refractivity contribution in [3.63, 3.8) is 0 Å². The smallest absolute Gasteiger partial charge is 0.102 e. The lowest BCUT2D eigenvalue weighted by atomic mass is 10.4. The summed E-state index contributed by atoms with van der Waals surface area (Å²) in [6.07, 6.45) is 6.42. The number of hydrogen-bond donors (Lipinski definition) is 0. The van der Waals surface area contributed by atoms with Crippen LogP contribution in [0.4, 0.5) is 0 Å². The van der Waals surface area contributed by atoms with Gasteiger partial charge in [-0.1, -0.05) is 6.58 Å². The molecule has 0 saturated heterocycles. The van der Waals surface area contributed by atoms with Crippen molar-refractivity contribution >= 4 is 24.0 Å². The Morgan fingerprint density at radius 2 is 2.18 bits per heavy atom. The van der Waals surface area contributed by atoms with Crippen LogP contribution in [0.3, 0.4) is 0 Å². The van der Waals surface area contributed by atoms with Crippen molar-refractivity contribution in [1.82, 2.24) is 9.80 Å². The Labute approximate surface area is 85.6 Å². The van der Waals surface area contributed by atoms with Crippen LogP contribution in [0.5, 0.6) is 0 Å². The molecule has 1 rings (SSSR count). The van der Waals surface area contributed by atoms with Gasteiger partial charge in [0, 0.05) is 18.9 Å². The van der Waals surface area contributed by atoms with Gasteiger partial charge in [0.25, 0.3) is 0 Å². The van der Waals surface area contributed by atoms with E-state index in [1.807, 2.05) is 12.4 Å². The molecule has 0 radical (unpaired) electrons. The lowest BCUT2D eigenvalue weighted by Gasteiger charge is -2.25. The summed E-state index contributed by atoms with van der Waals surface area (Å²) in [6.45, 7) is 9.07. The molecular weight excluding hydrogens is 251 g/mol. The van der Waals surface area contributed by atoms with Crippen LogP contribution in [0.2, 0.25) is 0 Å². The minimum atomic E-state index is 0. The first-order valence-electron chi connectivity index (χ1n) is 3.63. The van der Waals surface area contributed by atoms with Crippen LogP contribution in [0.25, 0.3) is 0 Å². The Hall–Kier alpha value is -0.190. The average Bonchev–Trinajstić information content (AvgIpc) is 2.30. The molecule has 0 aromatic rings. The largest absolute Gasteiger partial charge is 0.356 e. The molecule has 0 bridgehead atoms. The maximum Gasteiger partial charge on any atom is 0.102 e. The SMILES string of the molecule is C=CN1C=CN(CC)C1C.I. The molecule has 0 fully saturated rings. The number of nitrogens with zero attached hydrogens (tertiary/aromatic N) is 2. The van der Waals surface area contributed by atoms with Crippen molar-refractivity contribution < 1.29 is 0 Å². The summed E-state index contributed by atoms with van der Waals surface area (Å²) in [5.41, 5.74) is 0. The highest BCUT2D eigenvalue weighted by molar-refractivity contribution is 14.0. The Morgan fingerprint density at radius 3 is 2.45 bits per heavy atom. The second kappa shape index (κ2) is 4.64. The fourth-order valence-corrected chi connectivity index (χ4v) is 1.17. The van der Waals surface area contributed by atoms with Gasteiger partial charge in [-0.2, -0.15) is 0 Å². The molecule has 0 spiro atoms. The van der Waals surface area contributed by atoms with Crippen LogP contribution < -0.4 is 0 Å². The number of hydrogen-bond acceptors (Lipinski definition) is 2. The van der Waals surface area contributed by atoms with Crippen LogP contribution in [-0.2, 0) is 0 Å². The van der Waals surface area contributed by atoms with E-state index in [0.717, 1.165) is 6.54 Å². The second-order valence-electron chi connectivity index (χ2n) is 2.39. The molecule has 2 nitrogen and oxygen atoms in total. The van der Waals surface area contributed by atoms with Crippen LogP contribution in [0, 0.1) is 0 Å². The zero-order chi connectivity index (χ0) is 7.56. The van der Waals surface area contributed by atoms with E-state index < -0.39 is 0 Å². The van der Waals surface area contributed by atoms with Gasteiger partial charge in [0.1, 0.15) is 6.17 Å². The summed E-state index contributed by atoms with van der Waals surface area (Å²) in [7, 11) is 0. The maximum atomic E-state index is 3.71. The molecular formula is C8H15IN2. The Bertz CT molecular complexity index is 156. The molecule has 11 heavy (non-hydrogen) atoms. The highest BCUT2D eigenvalue weighted by Crippen LogP contribution is 2.13. The van der Waals surface area contributed by atoms with Crippen molar-refractivity contribution in [3.8, 4) is 0 Å². The number of rotatable bonds is 2.